The van der Waals surface area contributed by atoms with Gasteiger partial charge in [-0.05, 0) is 320 Å². The molecule has 2 aliphatic rings. The third-order valence-corrected chi connectivity index (χ3v) is 26.8. The molecule has 0 atom stereocenters. The SMILES string of the molecule is C(=C(c1ccccc1)c1ccccc1)c1ccc(-c2ccc(C=C(c3ccccc3)c3ccccc3)cc2)cc1.C1=Cc2ccc3c(-c4cc(-c5cc6ccc7cccc8ccc(c5)c6c78)cc(-c5ccc6ccc7cccc8ccc5c6c78)c4)ccc4c3c2C(=CC4)C1.c1ccc2cc(-c3c4ccccc4c(-c4ccc5ccccc5c4)c4ccccc34)ccc2c1. The third kappa shape index (κ3) is 13.7. The van der Waals surface area contributed by atoms with Crippen LogP contribution in [0.25, 0.3) is 220 Å². The Balaban J connectivity index is 0.000000110. The lowest BCUT2D eigenvalue weighted by Gasteiger charge is -2.24. The van der Waals surface area contributed by atoms with E-state index in [9.17, 15) is 0 Å². The predicted octanol–water partition coefficient (Wildman–Crippen LogP) is 35.2. The van der Waals surface area contributed by atoms with Gasteiger partial charge in [-0.3, -0.25) is 0 Å². The summed E-state index contributed by atoms with van der Waals surface area (Å²) in [7, 11) is 0. The van der Waals surface area contributed by atoms with Crippen molar-refractivity contribution in [3.63, 3.8) is 0 Å². The van der Waals surface area contributed by atoms with Gasteiger partial charge in [0.25, 0.3) is 0 Å². The van der Waals surface area contributed by atoms with Gasteiger partial charge in [-0.25, -0.2) is 0 Å². The number of hydrogen-bond donors (Lipinski definition) is 0. The number of allylic oxidation sites excluding steroid dienone is 3. The van der Waals surface area contributed by atoms with Gasteiger partial charge in [0.1, 0.15) is 0 Å². The lowest BCUT2D eigenvalue weighted by atomic mass is 9.79. The lowest BCUT2D eigenvalue weighted by Crippen LogP contribution is -2.03. The maximum atomic E-state index is 2.46. The van der Waals surface area contributed by atoms with Crippen molar-refractivity contribution in [2.24, 2.45) is 0 Å². The largest absolute Gasteiger partial charge is 0.0795 e. The minimum Gasteiger partial charge on any atom is -0.0795 e. The molecule has 0 amide bonds. The van der Waals surface area contributed by atoms with Gasteiger partial charge in [0.2, 0.25) is 0 Å². The zero-order valence-electron chi connectivity index (χ0n) is 70.6. The van der Waals surface area contributed by atoms with Crippen molar-refractivity contribution >= 4 is 153 Å². The van der Waals surface area contributed by atoms with Crippen LogP contribution in [0.1, 0.15) is 56.5 Å². The molecule has 0 spiro atoms. The Morgan fingerprint density at radius 3 is 1.01 bits per heavy atom. The third-order valence-electron chi connectivity index (χ3n) is 26.8. The molecule has 0 heteroatoms. The molecule has 26 rings (SSSR count). The molecule has 0 nitrogen and oxygen atoms in total. The van der Waals surface area contributed by atoms with E-state index >= 15 is 0 Å². The Labute approximate surface area is 744 Å². The molecular weight excluding hydrogens is 1540 g/mol. The first-order valence-electron chi connectivity index (χ1n) is 44.7. The number of hydrogen-bond acceptors (Lipinski definition) is 0. The summed E-state index contributed by atoms with van der Waals surface area (Å²) in [6.45, 7) is 0. The van der Waals surface area contributed by atoms with Crippen LogP contribution in [0.15, 0.2) is 467 Å². The zero-order valence-corrected chi connectivity index (χ0v) is 70.6. The average molecular weight is 1620 g/mol. The van der Waals surface area contributed by atoms with Crippen molar-refractivity contribution in [3.8, 4) is 66.8 Å². The molecule has 0 N–H and O–H groups in total. The molecular formula is C128H84. The maximum absolute atomic E-state index is 2.46. The first-order chi connectivity index (χ1) is 63.4. The van der Waals surface area contributed by atoms with Gasteiger partial charge in [-0.2, -0.15) is 0 Å². The number of benzene rings is 24. The van der Waals surface area contributed by atoms with E-state index < -0.39 is 0 Å². The van der Waals surface area contributed by atoms with Crippen LogP contribution in [0.5, 0.6) is 0 Å². The Morgan fingerprint density at radius 2 is 0.531 bits per heavy atom. The molecule has 0 fully saturated rings. The summed E-state index contributed by atoms with van der Waals surface area (Å²) in [6.07, 6.45) is 13.6. The van der Waals surface area contributed by atoms with Crippen LogP contribution < -0.4 is 0 Å². The Bertz CT molecular complexity index is 8110. The maximum Gasteiger partial charge on any atom is -0.00206 e. The molecule has 128 heavy (non-hydrogen) atoms. The van der Waals surface area contributed by atoms with Crippen LogP contribution in [0, 0.1) is 0 Å². The first kappa shape index (κ1) is 75.4. The molecule has 0 unspecified atom stereocenters. The van der Waals surface area contributed by atoms with Crippen LogP contribution in [0.4, 0.5) is 0 Å². The second-order valence-corrected chi connectivity index (χ2v) is 34.3. The van der Waals surface area contributed by atoms with Crippen LogP contribution in [0.3, 0.4) is 0 Å². The minimum atomic E-state index is 0.994. The van der Waals surface area contributed by atoms with Crippen LogP contribution >= 0.6 is 0 Å². The monoisotopic (exact) mass is 1620 g/mol. The van der Waals surface area contributed by atoms with Crippen LogP contribution in [-0.2, 0) is 6.42 Å². The van der Waals surface area contributed by atoms with Crippen molar-refractivity contribution < 1.29 is 0 Å². The van der Waals surface area contributed by atoms with Crippen molar-refractivity contribution in [2.45, 2.75) is 12.8 Å². The molecule has 0 saturated heterocycles. The van der Waals surface area contributed by atoms with Gasteiger partial charge >= 0.3 is 0 Å². The van der Waals surface area contributed by atoms with E-state index in [0.29, 0.717) is 0 Å². The first-order valence-corrected chi connectivity index (χ1v) is 44.7. The van der Waals surface area contributed by atoms with Gasteiger partial charge in [-0.15, -0.1) is 0 Å². The summed E-state index contributed by atoms with van der Waals surface area (Å²) in [5, 5.41) is 28.8. The molecule has 0 heterocycles. The summed E-state index contributed by atoms with van der Waals surface area (Å²) < 4.78 is 0. The lowest BCUT2D eigenvalue weighted by molar-refractivity contribution is 1.23. The molecule has 0 radical (unpaired) electrons. The topological polar surface area (TPSA) is 0 Å². The summed E-state index contributed by atoms with van der Waals surface area (Å²) in [5.41, 5.74) is 30.5. The molecule has 0 bridgehead atoms. The van der Waals surface area contributed by atoms with Crippen molar-refractivity contribution in [2.75, 3.05) is 0 Å². The smallest absolute Gasteiger partial charge is 0.00206 e. The summed E-state index contributed by atoms with van der Waals surface area (Å²) >= 11 is 0. The number of rotatable bonds is 12. The van der Waals surface area contributed by atoms with Crippen LogP contribution in [0.2, 0.25) is 0 Å². The summed E-state index contributed by atoms with van der Waals surface area (Å²) in [4.78, 5) is 0. The molecule has 0 aliphatic heterocycles. The van der Waals surface area contributed by atoms with E-state index in [1.165, 1.54) is 252 Å². The van der Waals surface area contributed by atoms with E-state index in [1.807, 2.05) is 0 Å². The fraction of sp³-hybridized carbons (Fsp3) is 0.0156. The van der Waals surface area contributed by atoms with Crippen molar-refractivity contribution in [1.82, 2.24) is 0 Å². The van der Waals surface area contributed by atoms with E-state index in [-0.39, 0.29) is 0 Å². The zero-order chi connectivity index (χ0) is 84.5. The van der Waals surface area contributed by atoms with Gasteiger partial charge in [0.05, 0.1) is 0 Å². The normalized spacial score (nSPS) is 12.2. The fourth-order valence-corrected chi connectivity index (χ4v) is 20.7. The minimum absolute atomic E-state index is 0.994. The van der Waals surface area contributed by atoms with Gasteiger partial charge in [0, 0.05) is 0 Å². The molecule has 596 valence electrons. The molecule has 24 aromatic carbocycles. The van der Waals surface area contributed by atoms with Gasteiger partial charge < -0.3 is 0 Å². The highest BCUT2D eigenvalue weighted by molar-refractivity contribution is 6.27. The quantitative estimate of drug-likeness (QED) is 0.0650. The highest BCUT2D eigenvalue weighted by Gasteiger charge is 2.25. The molecule has 24 aromatic rings. The standard InChI is InChI=1S/C54H32.C40H30.C34H22/c1-4-31-14-16-39-26-41(27-40-17-15-32(5-1)49(31)52(39)40)42-28-43(45-22-18-37-12-10-33-6-2-8-35-20-24-47(45)53(37)50(33)35)30-44(29-42)46-23-19-38-13-11-34-7-3-9-36-21-25-48(46)54(38)51(34)36;1-5-13-35(14-6-1)39(36-15-7-2-8-16-36)29-31-21-25-33(26-22-31)34-27-23-32(24-28-34)30-40(37-17-9-3-10-18-37)38-19-11-4-12-20-38;1-3-11-25-21-27(19-17-23(25)9-1)33-29-13-5-7-15-31(29)34(32-16-8-6-14-30(32)33)28-20-18-24-10-2-4-12-26(24)22-28/h1-6,8-12,14-30H,7,13H2;1-30H;1-22H. The van der Waals surface area contributed by atoms with E-state index in [4.69, 9.17) is 0 Å². The second-order valence-electron chi connectivity index (χ2n) is 34.3. The van der Waals surface area contributed by atoms with Gasteiger partial charge in [0.15, 0.2) is 0 Å². The Morgan fingerprint density at radius 1 is 0.195 bits per heavy atom. The summed E-state index contributed by atoms with van der Waals surface area (Å²) in [5.74, 6) is 0. The number of fused-ring (bicyclic) bond motifs is 4. The van der Waals surface area contributed by atoms with Crippen molar-refractivity contribution in [1.29, 1.82) is 0 Å². The van der Waals surface area contributed by atoms with E-state index in [1.54, 1.807) is 0 Å². The second kappa shape index (κ2) is 32.1. The fourth-order valence-electron chi connectivity index (χ4n) is 20.7. The van der Waals surface area contributed by atoms with Crippen molar-refractivity contribution in [3.05, 3.63) is 517 Å². The van der Waals surface area contributed by atoms with E-state index in [0.717, 1.165) is 12.8 Å². The van der Waals surface area contributed by atoms with Crippen LogP contribution in [-0.4, -0.2) is 0 Å². The summed E-state index contributed by atoms with van der Waals surface area (Å²) in [6, 6.07) is 167. The molecule has 0 saturated carbocycles. The predicted molar refractivity (Wildman–Crippen MR) is 552 cm³/mol. The molecule has 0 aromatic heterocycles. The van der Waals surface area contributed by atoms with Gasteiger partial charge in [-0.1, -0.05) is 431 Å². The molecule has 2 aliphatic carbocycles. The average Bonchev–Trinajstić information content (AvgIpc) is 0.707. The highest BCUT2D eigenvalue weighted by Crippen LogP contribution is 2.50. The Hall–Kier alpha value is -16.4. The van der Waals surface area contributed by atoms with E-state index in [2.05, 4.69) is 485 Å². The Kier molecular flexibility index (Phi) is 18.9. The highest BCUT2D eigenvalue weighted by atomic mass is 14.3.